The van der Waals surface area contributed by atoms with Gasteiger partial charge in [0.15, 0.2) is 12.2 Å². The number of ether oxygens (including phenoxy) is 2. The fourth-order valence-electron chi connectivity index (χ4n) is 2.29. The Labute approximate surface area is 194 Å². The van der Waals surface area contributed by atoms with E-state index in [0.29, 0.717) is 31.6 Å². The molecule has 0 aliphatic heterocycles. The van der Waals surface area contributed by atoms with E-state index in [9.17, 15) is 9.59 Å². The van der Waals surface area contributed by atoms with Crippen molar-refractivity contribution in [2.24, 2.45) is 0 Å². The van der Waals surface area contributed by atoms with Crippen LogP contribution in [-0.4, -0.2) is 37.1 Å². The largest absolute Gasteiger partial charge is 0.479 e. The van der Waals surface area contributed by atoms with Crippen LogP contribution in [-0.2, 0) is 9.59 Å². The summed E-state index contributed by atoms with van der Waals surface area (Å²) in [5, 5.41) is 6.89. The van der Waals surface area contributed by atoms with Crippen molar-refractivity contribution in [1.29, 1.82) is 0 Å². The van der Waals surface area contributed by atoms with Crippen molar-refractivity contribution in [1.82, 2.24) is 10.6 Å². The van der Waals surface area contributed by atoms with Crippen LogP contribution < -0.4 is 20.1 Å². The van der Waals surface area contributed by atoms with E-state index in [2.05, 4.69) is 10.6 Å². The highest BCUT2D eigenvalue weighted by Gasteiger charge is 2.18. The molecule has 0 aliphatic carbocycles. The second-order valence-electron chi connectivity index (χ2n) is 6.25. The summed E-state index contributed by atoms with van der Waals surface area (Å²) in [5.74, 6) is -0.00673. The van der Waals surface area contributed by atoms with Gasteiger partial charge in [-0.25, -0.2) is 0 Å². The number of hydrogen-bond donors (Lipinski definition) is 2. The van der Waals surface area contributed by atoms with E-state index < -0.39 is 12.2 Å². The van der Waals surface area contributed by atoms with E-state index in [0.717, 1.165) is 0 Å². The third-order valence-corrected chi connectivity index (χ3v) is 4.92. The van der Waals surface area contributed by atoms with Crippen LogP contribution in [0.25, 0.3) is 0 Å². The Morgan fingerprint density at radius 1 is 0.767 bits per heavy atom. The van der Waals surface area contributed by atoms with Crippen LogP contribution in [0.4, 0.5) is 0 Å². The van der Waals surface area contributed by atoms with Crippen LogP contribution in [0.15, 0.2) is 36.4 Å². The first kappa shape index (κ1) is 24.4. The predicted octanol–water partition coefficient (Wildman–Crippen LogP) is 4.77. The molecule has 2 aromatic carbocycles. The number of benzene rings is 2. The number of carbonyl (C=O) groups excluding carboxylic acids is 2. The lowest BCUT2D eigenvalue weighted by molar-refractivity contribution is -0.129. The molecule has 2 N–H and O–H groups in total. The molecule has 0 heterocycles. The van der Waals surface area contributed by atoms with Gasteiger partial charge in [0.05, 0.1) is 10.0 Å². The number of amides is 2. The van der Waals surface area contributed by atoms with Gasteiger partial charge in [0.2, 0.25) is 0 Å². The maximum atomic E-state index is 12.1. The SMILES string of the molecule is C[C@@H](Oc1ccc(Cl)cc1Cl)C(=O)NCCNC(=O)[C@@H](C)Oc1ccc(Cl)cc1Cl. The highest BCUT2D eigenvalue weighted by atomic mass is 35.5. The fourth-order valence-corrected chi connectivity index (χ4v) is 3.19. The Morgan fingerprint density at radius 3 is 1.47 bits per heavy atom. The molecule has 0 spiro atoms. The van der Waals surface area contributed by atoms with Crippen molar-refractivity contribution >= 4 is 58.2 Å². The number of hydrogen-bond acceptors (Lipinski definition) is 4. The lowest BCUT2D eigenvalue weighted by Crippen LogP contribution is -2.43. The van der Waals surface area contributed by atoms with Crippen molar-refractivity contribution in [3.63, 3.8) is 0 Å². The van der Waals surface area contributed by atoms with E-state index in [1.54, 1.807) is 38.1 Å². The Kier molecular flexibility index (Phi) is 9.37. The van der Waals surface area contributed by atoms with Crippen LogP contribution in [0.1, 0.15) is 13.8 Å². The van der Waals surface area contributed by atoms with Gasteiger partial charge < -0.3 is 20.1 Å². The molecule has 2 aromatic rings. The van der Waals surface area contributed by atoms with Crippen LogP contribution in [0.2, 0.25) is 20.1 Å². The van der Waals surface area contributed by atoms with Gasteiger partial charge in [0, 0.05) is 23.1 Å². The fraction of sp³-hybridized carbons (Fsp3) is 0.300. The van der Waals surface area contributed by atoms with E-state index in [1.807, 2.05) is 0 Å². The van der Waals surface area contributed by atoms with Gasteiger partial charge >= 0.3 is 0 Å². The van der Waals surface area contributed by atoms with Gasteiger partial charge in [-0.3, -0.25) is 9.59 Å². The normalized spacial score (nSPS) is 12.6. The zero-order chi connectivity index (χ0) is 22.3. The standard InChI is InChI=1S/C20H20Cl4N2O4/c1-11(29-17-5-3-13(21)9-15(17)23)19(27)25-7-8-26-20(28)12(2)30-18-6-4-14(22)10-16(18)24/h3-6,9-12H,7-8H2,1-2H3,(H,25,27)(H,26,28)/t11-,12-/m1/s1. The van der Waals surface area contributed by atoms with Crippen molar-refractivity contribution in [3.05, 3.63) is 56.5 Å². The molecule has 0 radical (unpaired) electrons. The Balaban J connectivity index is 1.72. The van der Waals surface area contributed by atoms with E-state index in [1.165, 1.54) is 12.1 Å². The molecule has 0 fully saturated rings. The molecule has 2 atom stereocenters. The van der Waals surface area contributed by atoms with Crippen LogP contribution >= 0.6 is 46.4 Å². The first-order valence-electron chi connectivity index (χ1n) is 8.96. The number of carbonyl (C=O) groups is 2. The monoisotopic (exact) mass is 492 g/mol. The number of rotatable bonds is 9. The lowest BCUT2D eigenvalue weighted by atomic mass is 10.3. The quantitative estimate of drug-likeness (QED) is 0.493. The molecule has 162 valence electrons. The van der Waals surface area contributed by atoms with Gasteiger partial charge in [-0.15, -0.1) is 0 Å². The third kappa shape index (κ3) is 7.43. The molecule has 0 unspecified atom stereocenters. The van der Waals surface area contributed by atoms with Gasteiger partial charge in [-0.2, -0.15) is 0 Å². The molecule has 0 saturated heterocycles. The second kappa shape index (κ2) is 11.5. The molecular formula is C20H20Cl4N2O4. The Hall–Kier alpha value is -1.86. The van der Waals surface area contributed by atoms with Crippen LogP contribution in [0.3, 0.4) is 0 Å². The Bertz CT molecular complexity index is 837. The van der Waals surface area contributed by atoms with E-state index in [4.69, 9.17) is 55.9 Å². The smallest absolute Gasteiger partial charge is 0.260 e. The van der Waals surface area contributed by atoms with Gasteiger partial charge in [-0.1, -0.05) is 46.4 Å². The van der Waals surface area contributed by atoms with Crippen molar-refractivity contribution < 1.29 is 19.1 Å². The highest BCUT2D eigenvalue weighted by molar-refractivity contribution is 6.36. The summed E-state index contributed by atoms with van der Waals surface area (Å²) in [6, 6.07) is 9.46. The zero-order valence-corrected chi connectivity index (χ0v) is 19.2. The average molecular weight is 494 g/mol. The van der Waals surface area contributed by atoms with Crippen molar-refractivity contribution in [2.45, 2.75) is 26.1 Å². The third-order valence-electron chi connectivity index (χ3n) is 3.86. The van der Waals surface area contributed by atoms with E-state index in [-0.39, 0.29) is 24.9 Å². The van der Waals surface area contributed by atoms with Crippen molar-refractivity contribution in [3.8, 4) is 11.5 Å². The molecular weight excluding hydrogens is 474 g/mol. The van der Waals surface area contributed by atoms with Gasteiger partial charge in [0.1, 0.15) is 11.5 Å². The first-order valence-corrected chi connectivity index (χ1v) is 10.5. The summed E-state index contributed by atoms with van der Waals surface area (Å²) in [6.45, 7) is 3.59. The summed E-state index contributed by atoms with van der Waals surface area (Å²) < 4.78 is 11.1. The average Bonchev–Trinajstić information content (AvgIpc) is 2.68. The van der Waals surface area contributed by atoms with Gasteiger partial charge in [-0.05, 0) is 50.2 Å². The molecule has 30 heavy (non-hydrogen) atoms. The molecule has 2 amide bonds. The lowest BCUT2D eigenvalue weighted by Gasteiger charge is -2.17. The van der Waals surface area contributed by atoms with Crippen LogP contribution in [0, 0.1) is 0 Å². The van der Waals surface area contributed by atoms with Gasteiger partial charge in [0.25, 0.3) is 11.8 Å². The highest BCUT2D eigenvalue weighted by Crippen LogP contribution is 2.29. The molecule has 6 nitrogen and oxygen atoms in total. The minimum Gasteiger partial charge on any atom is -0.479 e. The summed E-state index contributed by atoms with van der Waals surface area (Å²) in [4.78, 5) is 24.3. The summed E-state index contributed by atoms with van der Waals surface area (Å²) >= 11 is 23.7. The van der Waals surface area contributed by atoms with E-state index >= 15 is 0 Å². The maximum Gasteiger partial charge on any atom is 0.260 e. The predicted molar refractivity (Wildman–Crippen MR) is 119 cm³/mol. The summed E-state index contributed by atoms with van der Waals surface area (Å²) in [7, 11) is 0. The first-order chi connectivity index (χ1) is 14.2. The topological polar surface area (TPSA) is 76.7 Å². The molecule has 0 saturated carbocycles. The second-order valence-corrected chi connectivity index (χ2v) is 7.94. The minimum atomic E-state index is -0.784. The molecule has 10 heteroatoms. The number of halogens is 4. The minimum absolute atomic E-state index is 0.209. The molecule has 0 aliphatic rings. The molecule has 2 rings (SSSR count). The molecule has 0 aromatic heterocycles. The zero-order valence-electron chi connectivity index (χ0n) is 16.2. The summed E-state index contributed by atoms with van der Waals surface area (Å²) in [5.41, 5.74) is 0. The number of nitrogens with one attached hydrogen (secondary N) is 2. The summed E-state index contributed by atoms with van der Waals surface area (Å²) in [6.07, 6.45) is -1.57. The van der Waals surface area contributed by atoms with Crippen molar-refractivity contribution in [2.75, 3.05) is 13.1 Å². The van der Waals surface area contributed by atoms with Crippen LogP contribution in [0.5, 0.6) is 11.5 Å². The maximum absolute atomic E-state index is 12.1. The molecule has 0 bridgehead atoms. The Morgan fingerprint density at radius 2 is 1.13 bits per heavy atom.